The number of allylic oxidation sites excluding steroid dienone is 1. The molecule has 2 bridgehead atoms. The second-order valence-corrected chi connectivity index (χ2v) is 8.91. The van der Waals surface area contributed by atoms with Crippen LogP contribution in [0.3, 0.4) is 0 Å². The summed E-state index contributed by atoms with van der Waals surface area (Å²) in [4.78, 5) is 26.4. The third-order valence-electron chi connectivity index (χ3n) is 6.90. The number of unbranched alkanes of at least 4 members (excludes halogenated alkanes) is 9. The summed E-state index contributed by atoms with van der Waals surface area (Å²) in [5.74, 6) is 1.28. The SMILES string of the molecule is CCCCCCCCCCCCC1C2C=CC(C2)C1N1C(=O)C=C(C)C1=O. The molecule has 27 heavy (non-hydrogen) atoms. The van der Waals surface area contributed by atoms with E-state index in [1.54, 1.807) is 11.8 Å². The molecule has 3 heteroatoms. The van der Waals surface area contributed by atoms with Crippen LogP contribution in [0.2, 0.25) is 0 Å². The minimum atomic E-state index is -0.0866. The maximum absolute atomic E-state index is 12.5. The van der Waals surface area contributed by atoms with Crippen molar-refractivity contribution in [2.24, 2.45) is 17.8 Å². The van der Waals surface area contributed by atoms with Crippen LogP contribution in [0.15, 0.2) is 23.8 Å². The van der Waals surface area contributed by atoms with Gasteiger partial charge in [-0.25, -0.2) is 0 Å². The van der Waals surface area contributed by atoms with Crippen molar-refractivity contribution in [2.75, 3.05) is 0 Å². The van der Waals surface area contributed by atoms with Crippen LogP contribution in [0.1, 0.15) is 90.9 Å². The molecule has 1 saturated carbocycles. The maximum atomic E-state index is 12.5. The van der Waals surface area contributed by atoms with Gasteiger partial charge in [-0.1, -0.05) is 83.3 Å². The Morgan fingerprint density at radius 1 is 0.889 bits per heavy atom. The average molecular weight is 372 g/mol. The molecule has 3 nitrogen and oxygen atoms in total. The predicted molar refractivity (Wildman–Crippen MR) is 110 cm³/mol. The third kappa shape index (κ3) is 4.73. The van der Waals surface area contributed by atoms with Crippen LogP contribution in [-0.4, -0.2) is 22.8 Å². The molecule has 150 valence electrons. The lowest BCUT2D eigenvalue weighted by atomic mass is 9.83. The molecule has 4 atom stereocenters. The number of imide groups is 1. The van der Waals surface area contributed by atoms with Crippen molar-refractivity contribution < 1.29 is 9.59 Å². The zero-order valence-electron chi connectivity index (χ0n) is 17.3. The van der Waals surface area contributed by atoms with Crippen LogP contribution in [0.4, 0.5) is 0 Å². The van der Waals surface area contributed by atoms with Crippen molar-refractivity contribution in [1.82, 2.24) is 4.90 Å². The van der Waals surface area contributed by atoms with Crippen LogP contribution in [0, 0.1) is 17.8 Å². The highest BCUT2D eigenvalue weighted by atomic mass is 16.2. The number of carbonyl (C=O) groups is 2. The molecule has 1 heterocycles. The van der Waals surface area contributed by atoms with Gasteiger partial charge in [-0.3, -0.25) is 14.5 Å². The fourth-order valence-corrected chi connectivity index (χ4v) is 5.42. The Balaban J connectivity index is 1.39. The number of fused-ring (bicyclic) bond motifs is 2. The molecule has 1 fully saturated rings. The molecular weight excluding hydrogens is 334 g/mol. The van der Waals surface area contributed by atoms with Gasteiger partial charge < -0.3 is 0 Å². The number of amides is 2. The van der Waals surface area contributed by atoms with Gasteiger partial charge in [0.1, 0.15) is 0 Å². The Labute approximate surface area is 165 Å². The second kappa shape index (κ2) is 9.71. The van der Waals surface area contributed by atoms with E-state index in [2.05, 4.69) is 19.1 Å². The quantitative estimate of drug-likeness (QED) is 0.247. The Morgan fingerprint density at radius 3 is 2.07 bits per heavy atom. The van der Waals surface area contributed by atoms with E-state index in [9.17, 15) is 9.59 Å². The number of carbonyl (C=O) groups excluding carboxylic acids is 2. The van der Waals surface area contributed by atoms with E-state index >= 15 is 0 Å². The third-order valence-corrected chi connectivity index (χ3v) is 6.90. The summed E-state index contributed by atoms with van der Waals surface area (Å²) >= 11 is 0. The van der Waals surface area contributed by atoms with E-state index in [0.717, 1.165) is 12.8 Å². The van der Waals surface area contributed by atoms with Crippen LogP contribution < -0.4 is 0 Å². The zero-order chi connectivity index (χ0) is 19.2. The molecule has 3 aliphatic rings. The highest BCUT2D eigenvalue weighted by Gasteiger charge is 2.50. The van der Waals surface area contributed by atoms with Gasteiger partial charge in [0.15, 0.2) is 0 Å². The Morgan fingerprint density at radius 2 is 1.48 bits per heavy atom. The lowest BCUT2D eigenvalue weighted by molar-refractivity contribution is -0.141. The lowest BCUT2D eigenvalue weighted by Crippen LogP contribution is -2.47. The van der Waals surface area contributed by atoms with Crippen molar-refractivity contribution >= 4 is 11.8 Å². The number of nitrogens with zero attached hydrogens (tertiary/aromatic N) is 1. The summed E-state index contributed by atoms with van der Waals surface area (Å²) in [6.45, 7) is 4.03. The van der Waals surface area contributed by atoms with E-state index in [4.69, 9.17) is 0 Å². The van der Waals surface area contributed by atoms with Gasteiger partial charge in [-0.05, 0) is 37.5 Å². The maximum Gasteiger partial charge on any atom is 0.256 e. The minimum Gasteiger partial charge on any atom is -0.271 e. The van der Waals surface area contributed by atoms with E-state index < -0.39 is 0 Å². The Bertz CT molecular complexity index is 591. The molecule has 0 N–H and O–H groups in total. The van der Waals surface area contributed by atoms with Gasteiger partial charge in [-0.15, -0.1) is 0 Å². The lowest BCUT2D eigenvalue weighted by Gasteiger charge is -2.34. The molecule has 0 radical (unpaired) electrons. The standard InChI is InChI=1S/C24H37NO2/c1-3-4-5-6-7-8-9-10-11-12-13-21-19-14-15-20(17-19)23(21)25-22(26)16-18(2)24(25)27/h14-16,19-21,23H,3-13,17H2,1-2H3. The molecule has 0 aromatic heterocycles. The summed E-state index contributed by atoms with van der Waals surface area (Å²) in [5.41, 5.74) is 0.601. The number of hydrogen-bond donors (Lipinski definition) is 0. The monoisotopic (exact) mass is 371 g/mol. The molecular formula is C24H37NO2. The Kier molecular flexibility index (Phi) is 7.32. The number of hydrogen-bond acceptors (Lipinski definition) is 2. The first-order valence-electron chi connectivity index (χ1n) is 11.4. The summed E-state index contributed by atoms with van der Waals surface area (Å²) in [5, 5.41) is 0. The van der Waals surface area contributed by atoms with Gasteiger partial charge in [0, 0.05) is 17.7 Å². The first kappa shape index (κ1) is 20.4. The minimum absolute atomic E-state index is 0.0565. The van der Waals surface area contributed by atoms with Gasteiger partial charge in [0.2, 0.25) is 0 Å². The van der Waals surface area contributed by atoms with Crippen molar-refractivity contribution in [2.45, 2.75) is 96.9 Å². The molecule has 0 aromatic carbocycles. The molecule has 2 aliphatic carbocycles. The fraction of sp³-hybridized carbons (Fsp3) is 0.750. The predicted octanol–water partition coefficient (Wildman–Crippen LogP) is 5.80. The van der Waals surface area contributed by atoms with E-state index in [-0.39, 0.29) is 17.9 Å². The second-order valence-electron chi connectivity index (χ2n) is 8.91. The van der Waals surface area contributed by atoms with Crippen LogP contribution in [0.25, 0.3) is 0 Å². The van der Waals surface area contributed by atoms with Crippen molar-refractivity contribution in [3.05, 3.63) is 23.8 Å². The average Bonchev–Trinajstić information content (AvgIpc) is 3.31. The van der Waals surface area contributed by atoms with E-state index in [1.807, 2.05) is 0 Å². The smallest absolute Gasteiger partial charge is 0.256 e. The summed E-state index contributed by atoms with van der Waals surface area (Å²) in [7, 11) is 0. The molecule has 2 amide bonds. The molecule has 0 aromatic rings. The van der Waals surface area contributed by atoms with Gasteiger partial charge >= 0.3 is 0 Å². The number of rotatable bonds is 12. The Hall–Kier alpha value is -1.38. The van der Waals surface area contributed by atoms with Gasteiger partial charge in [-0.2, -0.15) is 0 Å². The first-order chi connectivity index (χ1) is 13.1. The highest BCUT2D eigenvalue weighted by Crippen LogP contribution is 2.49. The zero-order valence-corrected chi connectivity index (χ0v) is 17.3. The summed E-state index contributed by atoms with van der Waals surface area (Å²) < 4.78 is 0. The molecule has 0 spiro atoms. The van der Waals surface area contributed by atoms with Crippen LogP contribution in [0.5, 0.6) is 0 Å². The van der Waals surface area contributed by atoms with Crippen molar-refractivity contribution in [3.8, 4) is 0 Å². The molecule has 3 rings (SSSR count). The van der Waals surface area contributed by atoms with Crippen molar-refractivity contribution in [1.29, 1.82) is 0 Å². The highest BCUT2D eigenvalue weighted by molar-refractivity contribution is 6.16. The molecule has 1 aliphatic heterocycles. The summed E-state index contributed by atoms with van der Waals surface area (Å²) in [6.07, 6.45) is 21.9. The molecule has 0 saturated heterocycles. The van der Waals surface area contributed by atoms with Crippen LogP contribution >= 0.6 is 0 Å². The van der Waals surface area contributed by atoms with Gasteiger partial charge in [0.05, 0.1) is 0 Å². The van der Waals surface area contributed by atoms with Crippen molar-refractivity contribution in [3.63, 3.8) is 0 Å². The summed E-state index contributed by atoms with van der Waals surface area (Å²) in [6, 6.07) is 0.104. The van der Waals surface area contributed by atoms with E-state index in [1.165, 1.54) is 70.3 Å². The van der Waals surface area contributed by atoms with Crippen LogP contribution in [-0.2, 0) is 9.59 Å². The topological polar surface area (TPSA) is 37.4 Å². The largest absolute Gasteiger partial charge is 0.271 e. The fourth-order valence-electron chi connectivity index (χ4n) is 5.42. The normalized spacial score (nSPS) is 29.3. The van der Waals surface area contributed by atoms with E-state index in [0.29, 0.717) is 23.3 Å². The van der Waals surface area contributed by atoms with Gasteiger partial charge in [0.25, 0.3) is 11.8 Å². The first-order valence-corrected chi connectivity index (χ1v) is 11.4. The molecule has 4 unspecified atom stereocenters.